The van der Waals surface area contributed by atoms with Gasteiger partial charge in [-0.2, -0.15) is 0 Å². The molecule has 1 N–H and O–H groups in total. The molecule has 0 saturated carbocycles. The fourth-order valence-electron chi connectivity index (χ4n) is 2.91. The first kappa shape index (κ1) is 20.2. The van der Waals surface area contributed by atoms with Crippen LogP contribution >= 0.6 is 34.3 Å². The number of aromatic nitrogens is 2. The SMILES string of the molecule is Cc1nc2c(ccc3nc(NC(=O)CCCS(=O)(=O)c4ccc(Cl)cc4)sc32)s1. The maximum Gasteiger partial charge on any atom is 0.226 e. The minimum absolute atomic E-state index is 0.0912. The Kier molecular flexibility index (Phi) is 5.56. The number of nitrogens with one attached hydrogen (secondary N) is 1. The highest BCUT2D eigenvalue weighted by Gasteiger charge is 2.16. The number of anilines is 1. The highest BCUT2D eigenvalue weighted by Crippen LogP contribution is 2.34. The lowest BCUT2D eigenvalue weighted by atomic mass is 10.3. The van der Waals surface area contributed by atoms with E-state index >= 15 is 0 Å². The number of hydrogen-bond acceptors (Lipinski definition) is 7. The summed E-state index contributed by atoms with van der Waals surface area (Å²) in [6.07, 6.45) is 0.311. The van der Waals surface area contributed by atoms with Crippen molar-refractivity contribution in [1.29, 1.82) is 0 Å². The largest absolute Gasteiger partial charge is 0.302 e. The Labute approximate surface area is 180 Å². The average Bonchev–Trinajstić information content (AvgIpc) is 3.23. The summed E-state index contributed by atoms with van der Waals surface area (Å²) >= 11 is 8.79. The van der Waals surface area contributed by atoms with Gasteiger partial charge < -0.3 is 5.32 Å². The van der Waals surface area contributed by atoms with E-state index in [1.165, 1.54) is 35.6 Å². The molecular formula is C19H16ClN3O3S3. The molecule has 0 spiro atoms. The lowest BCUT2D eigenvalue weighted by molar-refractivity contribution is -0.116. The van der Waals surface area contributed by atoms with Gasteiger partial charge in [-0.3, -0.25) is 4.79 Å². The zero-order valence-electron chi connectivity index (χ0n) is 15.3. The number of rotatable bonds is 6. The van der Waals surface area contributed by atoms with Gasteiger partial charge in [-0.15, -0.1) is 11.3 Å². The molecule has 0 aliphatic carbocycles. The zero-order chi connectivity index (χ0) is 20.6. The van der Waals surface area contributed by atoms with Gasteiger partial charge >= 0.3 is 0 Å². The van der Waals surface area contributed by atoms with Crippen molar-refractivity contribution in [2.24, 2.45) is 0 Å². The normalized spacial score (nSPS) is 11.9. The molecule has 6 nitrogen and oxygen atoms in total. The maximum atomic E-state index is 12.3. The highest BCUT2D eigenvalue weighted by molar-refractivity contribution is 7.91. The third kappa shape index (κ3) is 4.42. The van der Waals surface area contributed by atoms with E-state index in [0.29, 0.717) is 10.2 Å². The number of sulfone groups is 1. The number of thiazole rings is 2. The first-order chi connectivity index (χ1) is 13.8. The number of hydrogen-bond donors (Lipinski definition) is 1. The first-order valence-corrected chi connectivity index (χ1v) is 12.4. The summed E-state index contributed by atoms with van der Waals surface area (Å²) in [4.78, 5) is 21.4. The van der Waals surface area contributed by atoms with E-state index in [1.807, 2.05) is 19.1 Å². The number of nitrogens with zero attached hydrogens (tertiary/aromatic N) is 2. The molecule has 0 saturated heterocycles. The molecule has 1 amide bonds. The fourth-order valence-corrected chi connectivity index (χ4v) is 6.22. The Balaban J connectivity index is 1.39. The summed E-state index contributed by atoms with van der Waals surface area (Å²) in [5.74, 6) is -0.373. The number of amides is 1. The molecule has 2 heterocycles. The van der Waals surface area contributed by atoms with E-state index in [1.54, 1.807) is 11.3 Å². The van der Waals surface area contributed by atoms with E-state index in [2.05, 4.69) is 15.3 Å². The monoisotopic (exact) mass is 465 g/mol. The molecule has 0 fully saturated rings. The molecule has 0 bridgehead atoms. The van der Waals surface area contributed by atoms with Crippen molar-refractivity contribution in [2.45, 2.75) is 24.7 Å². The van der Waals surface area contributed by atoms with Crippen LogP contribution in [0.3, 0.4) is 0 Å². The second-order valence-corrected chi connectivity index (χ2v) is 11.2. The van der Waals surface area contributed by atoms with Crippen LogP contribution < -0.4 is 5.32 Å². The van der Waals surface area contributed by atoms with Gasteiger partial charge in [-0.25, -0.2) is 18.4 Å². The standard InChI is InChI=1S/C19H16ClN3O3S3/c1-11-21-17-15(27-11)9-8-14-18(17)28-19(22-14)23-16(24)3-2-10-29(25,26)13-6-4-12(20)5-7-13/h4-9H,2-3,10H2,1H3,(H,22,23,24). The van der Waals surface area contributed by atoms with Crippen LogP contribution in [0.25, 0.3) is 20.4 Å². The van der Waals surface area contributed by atoms with Crippen molar-refractivity contribution in [3.63, 3.8) is 0 Å². The van der Waals surface area contributed by atoms with Gasteiger partial charge in [0.25, 0.3) is 0 Å². The van der Waals surface area contributed by atoms with Crippen LogP contribution in [0.15, 0.2) is 41.3 Å². The van der Waals surface area contributed by atoms with Crippen LogP contribution in [-0.2, 0) is 14.6 Å². The Morgan fingerprint density at radius 1 is 1.10 bits per heavy atom. The third-order valence-electron chi connectivity index (χ3n) is 4.26. The van der Waals surface area contributed by atoms with Crippen molar-refractivity contribution in [1.82, 2.24) is 9.97 Å². The van der Waals surface area contributed by atoms with Crippen LogP contribution in [-0.4, -0.2) is 30.0 Å². The van der Waals surface area contributed by atoms with Crippen LogP contribution in [0.4, 0.5) is 5.13 Å². The van der Waals surface area contributed by atoms with Crippen LogP contribution in [0, 0.1) is 6.92 Å². The summed E-state index contributed by atoms with van der Waals surface area (Å²) in [5.41, 5.74) is 1.69. The van der Waals surface area contributed by atoms with Gasteiger partial charge in [0.05, 0.1) is 30.6 Å². The number of fused-ring (bicyclic) bond motifs is 3. The zero-order valence-corrected chi connectivity index (χ0v) is 18.5. The van der Waals surface area contributed by atoms with Crippen LogP contribution in [0.2, 0.25) is 5.02 Å². The lowest BCUT2D eigenvalue weighted by Gasteiger charge is -2.05. The van der Waals surface area contributed by atoms with Gasteiger partial charge in [0.2, 0.25) is 5.91 Å². The van der Waals surface area contributed by atoms with Crippen molar-refractivity contribution in [3.8, 4) is 0 Å². The molecule has 4 rings (SSSR count). The van der Waals surface area contributed by atoms with Crippen molar-refractivity contribution < 1.29 is 13.2 Å². The second kappa shape index (κ2) is 7.98. The number of halogens is 1. The second-order valence-electron chi connectivity index (χ2n) is 6.44. The smallest absolute Gasteiger partial charge is 0.226 e. The summed E-state index contributed by atoms with van der Waals surface area (Å²) in [5, 5.41) is 4.71. The fraction of sp³-hybridized carbons (Fsp3) is 0.211. The maximum absolute atomic E-state index is 12.3. The molecule has 4 aromatic rings. The van der Waals surface area contributed by atoms with E-state index in [4.69, 9.17) is 11.6 Å². The van der Waals surface area contributed by atoms with Crippen molar-refractivity contribution in [2.75, 3.05) is 11.1 Å². The topological polar surface area (TPSA) is 89.0 Å². The molecule has 0 unspecified atom stereocenters. The Morgan fingerprint density at radius 3 is 2.62 bits per heavy atom. The molecule has 0 aliphatic heterocycles. The molecule has 10 heteroatoms. The van der Waals surface area contributed by atoms with Crippen LogP contribution in [0.5, 0.6) is 0 Å². The Hall–Kier alpha value is -2.07. The summed E-state index contributed by atoms with van der Waals surface area (Å²) in [6.45, 7) is 1.96. The van der Waals surface area contributed by atoms with Gasteiger partial charge in [0, 0.05) is 11.4 Å². The molecular weight excluding hydrogens is 450 g/mol. The van der Waals surface area contributed by atoms with Gasteiger partial charge in [-0.05, 0) is 49.7 Å². The molecule has 150 valence electrons. The molecule has 0 atom stereocenters. The Bertz CT molecular complexity index is 1310. The average molecular weight is 466 g/mol. The first-order valence-electron chi connectivity index (χ1n) is 8.77. The molecule has 29 heavy (non-hydrogen) atoms. The quantitative estimate of drug-likeness (QED) is 0.430. The summed E-state index contributed by atoms with van der Waals surface area (Å²) < 4.78 is 26.7. The van der Waals surface area contributed by atoms with Gasteiger partial charge in [0.1, 0.15) is 5.52 Å². The molecule has 2 aromatic heterocycles. The summed E-state index contributed by atoms with van der Waals surface area (Å²) in [6, 6.07) is 9.92. The Morgan fingerprint density at radius 2 is 1.86 bits per heavy atom. The number of aryl methyl sites for hydroxylation is 1. The number of carbonyl (C=O) groups is 1. The predicted octanol–water partition coefficient (Wildman–Crippen LogP) is 5.06. The van der Waals surface area contributed by atoms with E-state index in [0.717, 1.165) is 25.4 Å². The van der Waals surface area contributed by atoms with E-state index < -0.39 is 9.84 Å². The van der Waals surface area contributed by atoms with Crippen LogP contribution in [0.1, 0.15) is 17.8 Å². The minimum atomic E-state index is -3.45. The highest BCUT2D eigenvalue weighted by atomic mass is 35.5. The number of benzene rings is 2. The minimum Gasteiger partial charge on any atom is -0.302 e. The predicted molar refractivity (Wildman–Crippen MR) is 119 cm³/mol. The molecule has 0 radical (unpaired) electrons. The van der Waals surface area contributed by atoms with Gasteiger partial charge in [0.15, 0.2) is 15.0 Å². The number of carbonyl (C=O) groups excluding carboxylic acids is 1. The van der Waals surface area contributed by atoms with Gasteiger partial charge in [-0.1, -0.05) is 22.9 Å². The lowest BCUT2D eigenvalue weighted by Crippen LogP contribution is -2.14. The van der Waals surface area contributed by atoms with E-state index in [-0.39, 0.29) is 29.4 Å². The molecule has 2 aromatic carbocycles. The van der Waals surface area contributed by atoms with E-state index in [9.17, 15) is 13.2 Å². The van der Waals surface area contributed by atoms with Crippen molar-refractivity contribution in [3.05, 3.63) is 46.4 Å². The molecule has 0 aliphatic rings. The third-order valence-corrected chi connectivity index (χ3v) is 8.26. The summed E-state index contributed by atoms with van der Waals surface area (Å²) in [7, 11) is -3.45. The van der Waals surface area contributed by atoms with Crippen molar-refractivity contribution >= 4 is 75.6 Å².